The number of hydrogen-bond donors (Lipinski definition) is 1. The van der Waals surface area contributed by atoms with E-state index < -0.39 is 0 Å². The predicted molar refractivity (Wildman–Crippen MR) is 88.1 cm³/mol. The van der Waals surface area contributed by atoms with Crippen molar-refractivity contribution in [2.24, 2.45) is 5.73 Å². The lowest BCUT2D eigenvalue weighted by molar-refractivity contribution is 0.830. The van der Waals surface area contributed by atoms with Gasteiger partial charge in [-0.3, -0.25) is 0 Å². The molecule has 1 aromatic heterocycles. The van der Waals surface area contributed by atoms with Gasteiger partial charge >= 0.3 is 0 Å². The summed E-state index contributed by atoms with van der Waals surface area (Å²) in [4.78, 5) is 0.440. The molecule has 2 aromatic carbocycles. The van der Waals surface area contributed by atoms with E-state index in [0.29, 0.717) is 4.99 Å². The first-order valence-electron chi connectivity index (χ1n) is 6.58. The van der Waals surface area contributed by atoms with Gasteiger partial charge in [-0.25, -0.2) is 0 Å². The first-order valence-corrected chi connectivity index (χ1v) is 6.99. The highest BCUT2D eigenvalue weighted by molar-refractivity contribution is 7.80. The smallest absolute Gasteiger partial charge is 0.104 e. The molecule has 0 aliphatic rings. The van der Waals surface area contributed by atoms with Crippen LogP contribution < -0.4 is 5.73 Å². The van der Waals surface area contributed by atoms with Gasteiger partial charge < -0.3 is 10.3 Å². The van der Waals surface area contributed by atoms with E-state index >= 15 is 0 Å². The number of hydrogen-bond acceptors (Lipinski definition) is 1. The van der Waals surface area contributed by atoms with Gasteiger partial charge in [0.25, 0.3) is 0 Å². The molecular weight excluding hydrogens is 264 g/mol. The van der Waals surface area contributed by atoms with Crippen LogP contribution in [0.15, 0.2) is 54.7 Å². The van der Waals surface area contributed by atoms with Crippen molar-refractivity contribution in [1.82, 2.24) is 4.57 Å². The lowest BCUT2D eigenvalue weighted by Crippen LogP contribution is -2.09. The predicted octanol–water partition coefficient (Wildman–Crippen LogP) is 3.63. The number of rotatable bonds is 3. The van der Waals surface area contributed by atoms with Gasteiger partial charge in [0.15, 0.2) is 0 Å². The van der Waals surface area contributed by atoms with E-state index in [-0.39, 0.29) is 0 Å². The molecule has 3 aromatic rings. The Labute approximate surface area is 123 Å². The van der Waals surface area contributed by atoms with Crippen molar-refractivity contribution in [3.05, 3.63) is 71.4 Å². The maximum absolute atomic E-state index is 5.72. The van der Waals surface area contributed by atoms with Crippen LogP contribution in [0.2, 0.25) is 0 Å². The van der Waals surface area contributed by atoms with Gasteiger partial charge in [-0.2, -0.15) is 0 Å². The molecule has 0 aliphatic heterocycles. The molecule has 0 bridgehead atoms. The molecule has 100 valence electrons. The summed E-state index contributed by atoms with van der Waals surface area (Å²) in [7, 11) is 0. The Morgan fingerprint density at radius 3 is 2.70 bits per heavy atom. The maximum Gasteiger partial charge on any atom is 0.104 e. The van der Waals surface area contributed by atoms with E-state index in [1.165, 1.54) is 22.0 Å². The van der Waals surface area contributed by atoms with Crippen LogP contribution in [-0.2, 0) is 6.54 Å². The van der Waals surface area contributed by atoms with E-state index in [9.17, 15) is 0 Å². The number of aromatic nitrogens is 1. The maximum atomic E-state index is 5.72. The van der Waals surface area contributed by atoms with Crippen LogP contribution in [0.25, 0.3) is 10.9 Å². The Hall–Kier alpha value is -2.13. The number of aryl methyl sites for hydroxylation is 1. The molecular formula is C17H16N2S. The first-order chi connectivity index (χ1) is 9.65. The summed E-state index contributed by atoms with van der Waals surface area (Å²) < 4.78 is 2.24. The zero-order valence-corrected chi connectivity index (χ0v) is 12.2. The molecule has 2 nitrogen and oxygen atoms in total. The highest BCUT2D eigenvalue weighted by Gasteiger charge is 2.05. The second-order valence-corrected chi connectivity index (χ2v) is 5.45. The van der Waals surface area contributed by atoms with Crippen molar-refractivity contribution in [2.75, 3.05) is 0 Å². The molecule has 3 rings (SSSR count). The van der Waals surface area contributed by atoms with Gasteiger partial charge in [0.2, 0.25) is 0 Å². The molecule has 0 aliphatic carbocycles. The molecule has 1 heterocycles. The Morgan fingerprint density at radius 2 is 1.95 bits per heavy atom. The summed E-state index contributed by atoms with van der Waals surface area (Å²) >= 11 is 5.06. The second kappa shape index (κ2) is 5.10. The van der Waals surface area contributed by atoms with Gasteiger partial charge in [-0.05, 0) is 35.6 Å². The first kappa shape index (κ1) is 12.9. The van der Waals surface area contributed by atoms with Gasteiger partial charge in [0, 0.05) is 23.8 Å². The zero-order chi connectivity index (χ0) is 14.1. The number of thiocarbonyl (C=S) groups is 1. The van der Waals surface area contributed by atoms with Crippen LogP contribution in [0, 0.1) is 6.92 Å². The van der Waals surface area contributed by atoms with E-state index in [1.807, 2.05) is 6.07 Å². The molecule has 0 spiro atoms. The lowest BCUT2D eigenvalue weighted by Gasteiger charge is -2.09. The summed E-state index contributed by atoms with van der Waals surface area (Å²) in [6, 6.07) is 16.7. The highest BCUT2D eigenvalue weighted by Crippen LogP contribution is 2.20. The van der Waals surface area contributed by atoms with Crippen LogP contribution in [0.4, 0.5) is 0 Å². The van der Waals surface area contributed by atoms with Crippen LogP contribution in [0.5, 0.6) is 0 Å². The van der Waals surface area contributed by atoms with Gasteiger partial charge in [0.1, 0.15) is 4.99 Å². The van der Waals surface area contributed by atoms with Gasteiger partial charge in [-0.15, -0.1) is 0 Å². The summed E-state index contributed by atoms with van der Waals surface area (Å²) in [6.07, 6.45) is 2.11. The minimum Gasteiger partial charge on any atom is -0.389 e. The molecule has 0 radical (unpaired) electrons. The Kier molecular flexibility index (Phi) is 3.28. The minimum absolute atomic E-state index is 0.440. The van der Waals surface area contributed by atoms with Crippen molar-refractivity contribution < 1.29 is 0 Å². The monoisotopic (exact) mass is 280 g/mol. The molecule has 0 fully saturated rings. The summed E-state index contributed by atoms with van der Waals surface area (Å²) in [5, 5.41) is 1.21. The third-order valence-electron chi connectivity index (χ3n) is 3.66. The lowest BCUT2D eigenvalue weighted by atomic mass is 10.1. The number of fused-ring (bicyclic) bond motifs is 1. The van der Waals surface area contributed by atoms with Crippen LogP contribution in [0.1, 0.15) is 16.7 Å². The van der Waals surface area contributed by atoms with Gasteiger partial charge in [-0.1, -0.05) is 48.6 Å². The molecule has 0 saturated carbocycles. The van der Waals surface area contributed by atoms with Crippen molar-refractivity contribution >= 4 is 28.1 Å². The SMILES string of the molecule is Cc1ccccc1Cn1ccc2ccc(C(N)=S)cc21. The standard InChI is InChI=1S/C17H16N2S/c1-12-4-2-3-5-15(12)11-19-9-8-13-6-7-14(17(18)20)10-16(13)19/h2-10H,11H2,1H3,(H2,18,20). The fraction of sp³-hybridized carbons (Fsp3) is 0.118. The molecule has 0 unspecified atom stereocenters. The topological polar surface area (TPSA) is 30.9 Å². The molecule has 3 heteroatoms. The Balaban J connectivity index is 2.06. The van der Waals surface area contributed by atoms with E-state index in [4.69, 9.17) is 18.0 Å². The van der Waals surface area contributed by atoms with Crippen molar-refractivity contribution in [3.8, 4) is 0 Å². The number of nitrogens with two attached hydrogens (primary N) is 1. The summed E-state index contributed by atoms with van der Waals surface area (Å²) in [6.45, 7) is 3.00. The van der Waals surface area contributed by atoms with Crippen molar-refractivity contribution in [3.63, 3.8) is 0 Å². The van der Waals surface area contributed by atoms with E-state index in [2.05, 4.69) is 60.2 Å². The second-order valence-electron chi connectivity index (χ2n) is 5.01. The zero-order valence-electron chi connectivity index (χ0n) is 11.3. The third kappa shape index (κ3) is 2.32. The van der Waals surface area contributed by atoms with Crippen LogP contribution in [0.3, 0.4) is 0 Å². The van der Waals surface area contributed by atoms with E-state index in [1.54, 1.807) is 0 Å². The normalized spacial score (nSPS) is 10.8. The Bertz CT molecular complexity index is 787. The molecule has 0 saturated heterocycles. The molecule has 2 N–H and O–H groups in total. The highest BCUT2D eigenvalue weighted by atomic mass is 32.1. The molecule has 0 atom stereocenters. The average Bonchev–Trinajstić information content (AvgIpc) is 2.84. The molecule has 20 heavy (non-hydrogen) atoms. The number of benzene rings is 2. The fourth-order valence-corrected chi connectivity index (χ4v) is 2.57. The average molecular weight is 280 g/mol. The Morgan fingerprint density at radius 1 is 1.15 bits per heavy atom. The minimum atomic E-state index is 0.440. The largest absolute Gasteiger partial charge is 0.389 e. The van der Waals surface area contributed by atoms with Gasteiger partial charge in [0.05, 0.1) is 0 Å². The summed E-state index contributed by atoms with van der Waals surface area (Å²) in [5.74, 6) is 0. The van der Waals surface area contributed by atoms with Crippen molar-refractivity contribution in [1.29, 1.82) is 0 Å². The van der Waals surface area contributed by atoms with E-state index in [0.717, 1.165) is 12.1 Å². The van der Waals surface area contributed by atoms with Crippen LogP contribution >= 0.6 is 12.2 Å². The fourth-order valence-electron chi connectivity index (χ4n) is 2.45. The quantitative estimate of drug-likeness (QED) is 0.743. The third-order valence-corrected chi connectivity index (χ3v) is 3.90. The van der Waals surface area contributed by atoms with Crippen molar-refractivity contribution in [2.45, 2.75) is 13.5 Å². The molecule has 0 amide bonds. The number of nitrogens with zero attached hydrogens (tertiary/aromatic N) is 1. The van der Waals surface area contributed by atoms with Crippen LogP contribution in [-0.4, -0.2) is 9.56 Å². The summed E-state index contributed by atoms with van der Waals surface area (Å²) in [5.41, 5.74) is 10.4.